The summed E-state index contributed by atoms with van der Waals surface area (Å²) in [6.07, 6.45) is -3.05. The number of rotatable bonds is 4. The van der Waals surface area contributed by atoms with Crippen LogP contribution in [0.15, 0.2) is 6.07 Å². The minimum absolute atomic E-state index is 0.000767. The Bertz CT molecular complexity index is 491. The average Bonchev–Trinajstić information content (AvgIpc) is 2.27. The molecule has 0 aliphatic heterocycles. The number of ether oxygens (including phenoxy) is 1. The number of hydrogen-bond acceptors (Lipinski definition) is 5. The Morgan fingerprint density at radius 3 is 2.67 bits per heavy atom. The number of nitrogens with zero attached hydrogens (tertiary/aromatic N) is 2. The molecule has 1 aromatic heterocycles. The van der Waals surface area contributed by atoms with Crippen LogP contribution in [0.25, 0.3) is 0 Å². The lowest BCUT2D eigenvalue weighted by Crippen LogP contribution is -2.13. The maximum absolute atomic E-state index is 12.7. The zero-order valence-electron chi connectivity index (χ0n) is 9.65. The first-order valence-corrected chi connectivity index (χ1v) is 4.99. The number of carbonyl (C=O) groups is 1. The summed E-state index contributed by atoms with van der Waals surface area (Å²) in [4.78, 5) is 24.7. The summed E-state index contributed by atoms with van der Waals surface area (Å²) in [5, 5.41) is 10.6. The quantitative estimate of drug-likeness (QED) is 0.471. The molecule has 0 atom stereocenters. The molecule has 0 unspecified atom stereocenters. The van der Waals surface area contributed by atoms with E-state index in [0.29, 0.717) is 6.07 Å². The summed E-state index contributed by atoms with van der Waals surface area (Å²) in [6.45, 7) is 2.77. The molecule has 1 aromatic rings. The zero-order valence-corrected chi connectivity index (χ0v) is 9.65. The number of pyridine rings is 1. The number of nitro groups is 1. The van der Waals surface area contributed by atoms with Crippen molar-refractivity contribution in [3.05, 3.63) is 33.1 Å². The molecule has 98 valence electrons. The predicted octanol–water partition coefficient (Wildman–Crippen LogP) is 2.41. The Kier molecular flexibility index (Phi) is 4.24. The van der Waals surface area contributed by atoms with E-state index in [9.17, 15) is 23.7 Å². The lowest BCUT2D eigenvalue weighted by Gasteiger charge is -2.08. The molecule has 0 aliphatic carbocycles. The van der Waals surface area contributed by atoms with Crippen LogP contribution in [0.5, 0.6) is 0 Å². The average molecular weight is 260 g/mol. The van der Waals surface area contributed by atoms with Crippen LogP contribution in [0.3, 0.4) is 0 Å². The monoisotopic (exact) mass is 260 g/mol. The van der Waals surface area contributed by atoms with E-state index < -0.39 is 34.3 Å². The highest BCUT2D eigenvalue weighted by molar-refractivity contribution is 5.89. The number of hydrogen-bond donors (Lipinski definition) is 0. The molecule has 1 rings (SSSR count). The normalized spacial score (nSPS) is 10.5. The summed E-state index contributed by atoms with van der Waals surface area (Å²) in [5.74, 6) is -1.02. The Morgan fingerprint density at radius 2 is 2.22 bits per heavy atom. The maximum atomic E-state index is 12.7. The highest BCUT2D eigenvalue weighted by atomic mass is 19.3. The molecule has 0 saturated carbocycles. The molecule has 18 heavy (non-hydrogen) atoms. The van der Waals surface area contributed by atoms with Crippen molar-refractivity contribution >= 4 is 11.7 Å². The fourth-order valence-electron chi connectivity index (χ4n) is 1.32. The summed E-state index contributed by atoms with van der Waals surface area (Å²) in [5.41, 5.74) is -2.06. The molecule has 0 aromatic carbocycles. The molecule has 0 amide bonds. The second-order valence-corrected chi connectivity index (χ2v) is 3.31. The smallest absolute Gasteiger partial charge is 0.357 e. The molecule has 8 heteroatoms. The molecule has 1 heterocycles. The third-order valence-electron chi connectivity index (χ3n) is 2.12. The molecule has 0 N–H and O–H groups in total. The van der Waals surface area contributed by atoms with Crippen molar-refractivity contribution in [3.63, 3.8) is 0 Å². The van der Waals surface area contributed by atoms with Gasteiger partial charge >= 0.3 is 5.97 Å². The van der Waals surface area contributed by atoms with Gasteiger partial charge in [0.15, 0.2) is 5.69 Å². The third-order valence-corrected chi connectivity index (χ3v) is 2.12. The van der Waals surface area contributed by atoms with Gasteiger partial charge in [-0.3, -0.25) is 10.1 Å². The molecule has 0 fully saturated rings. The predicted molar refractivity (Wildman–Crippen MR) is 56.5 cm³/mol. The number of alkyl halides is 2. The molecule has 0 radical (unpaired) electrons. The molecular weight excluding hydrogens is 250 g/mol. The van der Waals surface area contributed by atoms with E-state index >= 15 is 0 Å². The first-order chi connectivity index (χ1) is 8.38. The van der Waals surface area contributed by atoms with Crippen molar-refractivity contribution in [1.29, 1.82) is 0 Å². The van der Waals surface area contributed by atoms with Gasteiger partial charge in [0.05, 0.1) is 17.1 Å². The molecule has 0 spiro atoms. The molecular formula is C10H10F2N2O4. The summed E-state index contributed by atoms with van der Waals surface area (Å²) < 4.78 is 30.0. The second-order valence-electron chi connectivity index (χ2n) is 3.31. The zero-order chi connectivity index (χ0) is 13.9. The van der Waals surface area contributed by atoms with Crippen molar-refractivity contribution in [1.82, 2.24) is 4.98 Å². The van der Waals surface area contributed by atoms with Gasteiger partial charge in [0, 0.05) is 6.07 Å². The van der Waals surface area contributed by atoms with E-state index in [2.05, 4.69) is 9.72 Å². The van der Waals surface area contributed by atoms with Gasteiger partial charge in [-0.15, -0.1) is 0 Å². The van der Waals surface area contributed by atoms with Gasteiger partial charge in [-0.25, -0.2) is 18.6 Å². The Balaban J connectivity index is 3.38. The van der Waals surface area contributed by atoms with E-state index in [1.807, 2.05) is 0 Å². The first-order valence-electron chi connectivity index (χ1n) is 4.99. The van der Waals surface area contributed by atoms with Gasteiger partial charge in [-0.1, -0.05) is 0 Å². The van der Waals surface area contributed by atoms with Gasteiger partial charge in [-0.05, 0) is 13.8 Å². The molecule has 6 nitrogen and oxygen atoms in total. The number of carbonyl (C=O) groups excluding carboxylic acids is 1. The van der Waals surface area contributed by atoms with Gasteiger partial charge < -0.3 is 4.74 Å². The number of aromatic nitrogens is 1. The Labute approximate surface area is 101 Å². The third kappa shape index (κ3) is 2.76. The van der Waals surface area contributed by atoms with Crippen LogP contribution in [0.4, 0.5) is 14.5 Å². The lowest BCUT2D eigenvalue weighted by molar-refractivity contribution is -0.385. The van der Waals surface area contributed by atoms with Crippen molar-refractivity contribution in [2.24, 2.45) is 0 Å². The topological polar surface area (TPSA) is 82.3 Å². The van der Waals surface area contributed by atoms with Crippen LogP contribution in [-0.2, 0) is 4.74 Å². The minimum Gasteiger partial charge on any atom is -0.461 e. The van der Waals surface area contributed by atoms with Crippen molar-refractivity contribution in [3.8, 4) is 0 Å². The number of esters is 1. The van der Waals surface area contributed by atoms with Crippen molar-refractivity contribution in [2.75, 3.05) is 6.61 Å². The SMILES string of the molecule is CCOC(=O)c1nc(C)c([N+](=O)[O-])cc1C(F)F. The summed E-state index contributed by atoms with van der Waals surface area (Å²) in [7, 11) is 0. The second kappa shape index (κ2) is 5.48. The molecule has 0 aliphatic rings. The van der Waals surface area contributed by atoms with Crippen LogP contribution >= 0.6 is 0 Å². The summed E-state index contributed by atoms with van der Waals surface area (Å²) >= 11 is 0. The fraction of sp³-hybridized carbons (Fsp3) is 0.400. The lowest BCUT2D eigenvalue weighted by atomic mass is 10.1. The van der Waals surface area contributed by atoms with E-state index in [0.717, 1.165) is 0 Å². The highest BCUT2D eigenvalue weighted by Gasteiger charge is 2.26. The van der Waals surface area contributed by atoms with Gasteiger partial charge in [0.2, 0.25) is 0 Å². The van der Waals surface area contributed by atoms with E-state index in [1.165, 1.54) is 13.8 Å². The highest BCUT2D eigenvalue weighted by Crippen LogP contribution is 2.28. The Morgan fingerprint density at radius 1 is 1.61 bits per heavy atom. The molecule has 0 bridgehead atoms. The van der Waals surface area contributed by atoms with E-state index in [1.54, 1.807) is 0 Å². The fourth-order valence-corrected chi connectivity index (χ4v) is 1.32. The van der Waals surface area contributed by atoms with Crippen LogP contribution in [-0.4, -0.2) is 22.5 Å². The van der Waals surface area contributed by atoms with Crippen LogP contribution in [0.1, 0.15) is 35.1 Å². The number of halogens is 2. The van der Waals surface area contributed by atoms with Crippen molar-refractivity contribution < 1.29 is 23.2 Å². The van der Waals surface area contributed by atoms with E-state index in [-0.39, 0.29) is 12.3 Å². The van der Waals surface area contributed by atoms with Gasteiger partial charge in [0.1, 0.15) is 5.69 Å². The molecule has 0 saturated heterocycles. The summed E-state index contributed by atoms with van der Waals surface area (Å²) in [6, 6.07) is 0.652. The first kappa shape index (κ1) is 13.9. The van der Waals surface area contributed by atoms with E-state index in [4.69, 9.17) is 0 Å². The van der Waals surface area contributed by atoms with Crippen molar-refractivity contribution in [2.45, 2.75) is 20.3 Å². The largest absolute Gasteiger partial charge is 0.461 e. The van der Waals surface area contributed by atoms with Crippen LogP contribution in [0, 0.1) is 17.0 Å². The van der Waals surface area contributed by atoms with Gasteiger partial charge in [-0.2, -0.15) is 0 Å². The van der Waals surface area contributed by atoms with Crippen LogP contribution < -0.4 is 0 Å². The van der Waals surface area contributed by atoms with Crippen LogP contribution in [0.2, 0.25) is 0 Å². The minimum atomic E-state index is -3.05. The van der Waals surface area contributed by atoms with Gasteiger partial charge in [0.25, 0.3) is 12.1 Å². The Hall–Kier alpha value is -2.12. The number of aryl methyl sites for hydroxylation is 1. The maximum Gasteiger partial charge on any atom is 0.357 e. The standard InChI is InChI=1S/C10H10F2N2O4/c1-3-18-10(15)8-6(9(11)12)4-7(14(16)17)5(2)13-8/h4,9H,3H2,1-2H3.